The first-order chi connectivity index (χ1) is 20.6. The first-order valence-corrected chi connectivity index (χ1v) is 14.4. The van der Waals surface area contributed by atoms with Crippen LogP contribution in [-0.4, -0.2) is 71.2 Å². The van der Waals surface area contributed by atoms with Crippen LogP contribution in [0.5, 0.6) is 0 Å². The Morgan fingerprint density at radius 2 is 1.90 bits per heavy atom. The molecule has 6 rings (SSSR count). The lowest BCUT2D eigenvalue weighted by atomic mass is 10.0. The second-order valence-corrected chi connectivity index (χ2v) is 10.8. The maximum absolute atomic E-state index is 13.0. The summed E-state index contributed by atoms with van der Waals surface area (Å²) in [6, 6.07) is 14.6. The van der Waals surface area contributed by atoms with Gasteiger partial charge in [0.2, 0.25) is 0 Å². The summed E-state index contributed by atoms with van der Waals surface area (Å²) in [7, 11) is 0. The molecule has 0 aliphatic carbocycles. The van der Waals surface area contributed by atoms with Gasteiger partial charge < -0.3 is 24.8 Å². The molecule has 2 aliphatic heterocycles. The Bertz CT molecular complexity index is 1640. The molecular weight excluding hydrogens is 526 g/mol. The van der Waals surface area contributed by atoms with Gasteiger partial charge in [-0.05, 0) is 42.7 Å². The fraction of sp³-hybridized carbons (Fsp3) is 0.333. The highest BCUT2D eigenvalue weighted by molar-refractivity contribution is 5.92. The van der Waals surface area contributed by atoms with E-state index in [4.69, 9.17) is 4.74 Å². The quantitative estimate of drug-likeness (QED) is 0.297. The summed E-state index contributed by atoms with van der Waals surface area (Å²) in [5.74, 6) is 6.92. The molecule has 0 spiro atoms. The smallest absolute Gasteiger partial charge is 0.143 e. The van der Waals surface area contributed by atoms with Crippen molar-refractivity contribution in [3.63, 3.8) is 0 Å². The molecule has 5 heterocycles. The van der Waals surface area contributed by atoms with Crippen LogP contribution in [0.2, 0.25) is 0 Å². The maximum Gasteiger partial charge on any atom is 0.143 e. The number of rotatable bonds is 9. The number of ether oxygens (including phenoxy) is 1. The van der Waals surface area contributed by atoms with Crippen molar-refractivity contribution in [2.75, 3.05) is 49.2 Å². The van der Waals surface area contributed by atoms with Crippen LogP contribution in [0.4, 0.5) is 11.5 Å². The first kappa shape index (κ1) is 27.5. The number of aromatic amines is 1. The van der Waals surface area contributed by atoms with E-state index in [0.717, 1.165) is 83.4 Å². The highest BCUT2D eigenvalue weighted by Crippen LogP contribution is 2.29. The SMILES string of the molecule is C=C(C#CC)NC1CCN(c2ccnc(CC(=O)Cc3ccc(-c4cc5c(N6CCOCC6)ncnc5[nH]4)cc3)c2)C1. The third kappa shape index (κ3) is 6.29. The zero-order valence-electron chi connectivity index (χ0n) is 23.9. The predicted octanol–water partition coefficient (Wildman–Crippen LogP) is 3.92. The van der Waals surface area contributed by atoms with E-state index in [-0.39, 0.29) is 5.78 Å². The minimum Gasteiger partial charge on any atom is -0.378 e. The van der Waals surface area contributed by atoms with Crippen molar-refractivity contribution < 1.29 is 9.53 Å². The van der Waals surface area contributed by atoms with Gasteiger partial charge in [0.1, 0.15) is 23.6 Å². The molecule has 1 unspecified atom stereocenters. The van der Waals surface area contributed by atoms with Crippen LogP contribution in [0.25, 0.3) is 22.3 Å². The molecular formula is C33H35N7O2. The van der Waals surface area contributed by atoms with Crippen molar-refractivity contribution in [1.29, 1.82) is 0 Å². The van der Waals surface area contributed by atoms with Crippen LogP contribution in [0.15, 0.2) is 67.3 Å². The van der Waals surface area contributed by atoms with E-state index in [0.29, 0.717) is 32.1 Å². The van der Waals surface area contributed by atoms with Crippen LogP contribution in [0, 0.1) is 11.8 Å². The third-order valence-electron chi connectivity index (χ3n) is 7.77. The van der Waals surface area contributed by atoms with E-state index >= 15 is 0 Å². The average molecular weight is 562 g/mol. The molecule has 0 bridgehead atoms. The lowest BCUT2D eigenvalue weighted by Crippen LogP contribution is -2.36. The number of ketones is 1. The first-order valence-electron chi connectivity index (χ1n) is 14.4. The number of morpholine rings is 1. The molecule has 0 amide bonds. The fourth-order valence-electron chi connectivity index (χ4n) is 5.71. The Morgan fingerprint density at radius 3 is 2.71 bits per heavy atom. The van der Waals surface area contributed by atoms with E-state index in [9.17, 15) is 4.79 Å². The van der Waals surface area contributed by atoms with Crippen molar-refractivity contribution in [1.82, 2.24) is 25.3 Å². The van der Waals surface area contributed by atoms with Crippen LogP contribution in [0.1, 0.15) is 24.6 Å². The number of anilines is 2. The van der Waals surface area contributed by atoms with E-state index < -0.39 is 0 Å². The summed E-state index contributed by atoms with van der Waals surface area (Å²) < 4.78 is 5.50. The second kappa shape index (κ2) is 12.5. The molecule has 42 heavy (non-hydrogen) atoms. The third-order valence-corrected chi connectivity index (χ3v) is 7.77. The summed E-state index contributed by atoms with van der Waals surface area (Å²) in [5, 5.41) is 4.40. The van der Waals surface area contributed by atoms with Gasteiger partial charge in [-0.1, -0.05) is 42.7 Å². The largest absolute Gasteiger partial charge is 0.378 e. The lowest BCUT2D eigenvalue weighted by molar-refractivity contribution is -0.117. The Hall–Kier alpha value is -4.68. The van der Waals surface area contributed by atoms with Crippen molar-refractivity contribution in [3.05, 3.63) is 78.5 Å². The molecule has 9 nitrogen and oxygen atoms in total. The normalized spacial score (nSPS) is 16.7. The molecule has 0 radical (unpaired) electrons. The van der Waals surface area contributed by atoms with Gasteiger partial charge in [0.05, 0.1) is 24.3 Å². The van der Waals surface area contributed by atoms with E-state index in [1.165, 1.54) is 0 Å². The van der Waals surface area contributed by atoms with E-state index in [1.807, 2.05) is 43.3 Å². The van der Waals surface area contributed by atoms with Gasteiger partial charge in [-0.15, -0.1) is 0 Å². The van der Waals surface area contributed by atoms with Crippen LogP contribution in [0.3, 0.4) is 0 Å². The van der Waals surface area contributed by atoms with Crippen LogP contribution in [-0.2, 0) is 22.4 Å². The van der Waals surface area contributed by atoms with Gasteiger partial charge in [0.25, 0.3) is 0 Å². The number of nitrogens with one attached hydrogen (secondary N) is 2. The molecule has 0 saturated carbocycles. The van der Waals surface area contributed by atoms with Crippen molar-refractivity contribution in [2.45, 2.75) is 32.2 Å². The van der Waals surface area contributed by atoms with Gasteiger partial charge in [-0.2, -0.15) is 0 Å². The molecule has 2 N–H and O–H groups in total. The molecule has 4 aromatic rings. The molecule has 3 aromatic heterocycles. The summed E-state index contributed by atoms with van der Waals surface area (Å²) in [6.07, 6.45) is 5.08. The summed E-state index contributed by atoms with van der Waals surface area (Å²) in [5.41, 5.74) is 6.44. The molecule has 1 atom stereocenters. The van der Waals surface area contributed by atoms with Crippen molar-refractivity contribution in [2.24, 2.45) is 0 Å². The van der Waals surface area contributed by atoms with Gasteiger partial charge in [-0.25, -0.2) is 9.97 Å². The topological polar surface area (TPSA) is 99.3 Å². The minimum absolute atomic E-state index is 0.138. The van der Waals surface area contributed by atoms with E-state index in [2.05, 4.69) is 59.5 Å². The van der Waals surface area contributed by atoms with Crippen molar-refractivity contribution in [3.8, 4) is 23.1 Å². The molecule has 2 fully saturated rings. The lowest BCUT2D eigenvalue weighted by Gasteiger charge is -2.27. The monoisotopic (exact) mass is 561 g/mol. The maximum atomic E-state index is 13.0. The number of hydrogen-bond acceptors (Lipinski definition) is 8. The highest BCUT2D eigenvalue weighted by Gasteiger charge is 2.23. The van der Waals surface area contributed by atoms with Gasteiger partial charge in [0.15, 0.2) is 0 Å². The molecule has 2 aliphatic rings. The fourth-order valence-corrected chi connectivity index (χ4v) is 5.71. The summed E-state index contributed by atoms with van der Waals surface area (Å²) in [6.45, 7) is 10.6. The number of carbonyl (C=O) groups is 1. The zero-order chi connectivity index (χ0) is 28.9. The van der Waals surface area contributed by atoms with Crippen LogP contribution >= 0.6 is 0 Å². The Labute approximate surface area is 246 Å². The van der Waals surface area contributed by atoms with Gasteiger partial charge in [-0.3, -0.25) is 9.78 Å². The number of fused-ring (bicyclic) bond motifs is 1. The standard InChI is InChI=1S/C33H35N7O2/c1-3-4-23(2)37-26-10-12-40(21-26)28-9-11-34-27(18-28)19-29(41)17-24-5-7-25(8-6-24)31-20-30-32(38-31)35-22-36-33(30)39-13-15-42-16-14-39/h5-9,11,18,20,22,26,37H,2,10,12-17,19,21H2,1H3,(H,35,36,38). The number of carbonyl (C=O) groups excluding carboxylic acids is 1. The Morgan fingerprint density at radius 1 is 1.07 bits per heavy atom. The summed E-state index contributed by atoms with van der Waals surface area (Å²) >= 11 is 0. The number of aromatic nitrogens is 4. The second-order valence-electron chi connectivity index (χ2n) is 10.8. The number of H-pyrrole nitrogens is 1. The summed E-state index contributed by atoms with van der Waals surface area (Å²) in [4.78, 5) is 34.4. The van der Waals surface area contributed by atoms with Crippen LogP contribution < -0.4 is 15.1 Å². The highest BCUT2D eigenvalue weighted by atomic mass is 16.5. The molecule has 9 heteroatoms. The molecule has 214 valence electrons. The number of nitrogens with zero attached hydrogens (tertiary/aromatic N) is 5. The Kier molecular flexibility index (Phi) is 8.15. The Balaban J connectivity index is 1.07. The number of benzene rings is 1. The van der Waals surface area contributed by atoms with Gasteiger partial charge in [0, 0.05) is 68.3 Å². The molecule has 2 saturated heterocycles. The number of pyridine rings is 1. The van der Waals surface area contributed by atoms with Crippen molar-refractivity contribution >= 4 is 28.3 Å². The number of hydrogen-bond donors (Lipinski definition) is 2. The van der Waals surface area contributed by atoms with Gasteiger partial charge >= 0.3 is 0 Å². The average Bonchev–Trinajstić information content (AvgIpc) is 3.66. The van der Waals surface area contributed by atoms with E-state index in [1.54, 1.807) is 12.5 Å². The minimum atomic E-state index is 0.138. The predicted molar refractivity (Wildman–Crippen MR) is 165 cm³/mol. The number of allylic oxidation sites excluding steroid dienone is 1. The zero-order valence-corrected chi connectivity index (χ0v) is 23.9. The number of Topliss-reactive ketones (excluding diaryl/α,β-unsaturated/α-hetero) is 1. The molecule has 1 aromatic carbocycles.